The number of nitrogens with zero attached hydrogens (tertiary/aromatic N) is 2. The van der Waals surface area contributed by atoms with Crippen LogP contribution in [0.3, 0.4) is 0 Å². The van der Waals surface area contributed by atoms with E-state index in [1.165, 1.54) is 0 Å². The smallest absolute Gasteiger partial charge is 0.232 e. The highest BCUT2D eigenvalue weighted by molar-refractivity contribution is 7.80. The second-order valence-electron chi connectivity index (χ2n) is 4.19. The summed E-state index contributed by atoms with van der Waals surface area (Å²) in [7, 11) is 3.21. The largest absolute Gasteiger partial charge is 0.497 e. The molecule has 2 rings (SSSR count). The molecule has 0 fully saturated rings. The van der Waals surface area contributed by atoms with E-state index in [-0.39, 0.29) is 5.11 Å². The Kier molecular flexibility index (Phi) is 5.67. The molecule has 6 nitrogen and oxygen atoms in total. The lowest BCUT2D eigenvalue weighted by Gasteiger charge is -2.08. The zero-order chi connectivity index (χ0) is 15.8. The lowest BCUT2D eigenvalue weighted by molar-refractivity contribution is 0.415. The summed E-state index contributed by atoms with van der Waals surface area (Å²) in [5.41, 5.74) is 7.17. The average Bonchev–Trinajstić information content (AvgIpc) is 2.58. The number of hydrogen-bond donors (Lipinski definition) is 2. The first-order valence-electron chi connectivity index (χ1n) is 6.47. The van der Waals surface area contributed by atoms with Gasteiger partial charge in [-0.2, -0.15) is 0 Å². The molecular weight excluding hydrogens is 300 g/mol. The lowest BCUT2D eigenvalue weighted by atomic mass is 10.3. The van der Waals surface area contributed by atoms with Crippen molar-refractivity contribution in [1.82, 2.24) is 5.43 Å². The van der Waals surface area contributed by atoms with Gasteiger partial charge in [-0.25, -0.2) is 0 Å². The third kappa shape index (κ3) is 4.71. The Bertz CT molecular complexity index is 676. The van der Waals surface area contributed by atoms with Gasteiger partial charge in [0.15, 0.2) is 0 Å². The van der Waals surface area contributed by atoms with Crippen LogP contribution in [0.15, 0.2) is 58.8 Å². The molecule has 0 bridgehead atoms. The fourth-order valence-electron chi connectivity index (χ4n) is 1.63. The second kappa shape index (κ2) is 7.94. The number of benzene rings is 2. The molecule has 0 aliphatic heterocycles. The maximum atomic E-state index is 5.13. The Morgan fingerprint density at radius 2 is 1.68 bits per heavy atom. The van der Waals surface area contributed by atoms with Crippen LogP contribution < -0.4 is 20.3 Å². The molecule has 0 spiro atoms. The van der Waals surface area contributed by atoms with Crippen LogP contribution in [0.1, 0.15) is 0 Å². The van der Waals surface area contributed by atoms with Gasteiger partial charge < -0.3 is 9.47 Å². The van der Waals surface area contributed by atoms with E-state index in [1.807, 2.05) is 42.5 Å². The van der Waals surface area contributed by atoms with Crippen molar-refractivity contribution in [2.45, 2.75) is 0 Å². The Morgan fingerprint density at radius 1 is 1.00 bits per heavy atom. The lowest BCUT2D eigenvalue weighted by Crippen LogP contribution is -2.25. The van der Waals surface area contributed by atoms with E-state index in [1.54, 1.807) is 20.3 Å². The summed E-state index contributed by atoms with van der Waals surface area (Å²) in [5.74, 6) is 1.46. The fourth-order valence-corrected chi connectivity index (χ4v) is 1.72. The van der Waals surface area contributed by atoms with Crippen LogP contribution in [0.25, 0.3) is 0 Å². The molecule has 114 valence electrons. The highest BCUT2D eigenvalue weighted by Crippen LogP contribution is 2.19. The van der Waals surface area contributed by atoms with E-state index in [0.29, 0.717) is 11.4 Å². The molecule has 0 aliphatic rings. The highest BCUT2D eigenvalue weighted by atomic mass is 32.1. The Balaban J connectivity index is 1.90. The summed E-state index contributed by atoms with van der Waals surface area (Å²) in [6, 6.07) is 14.7. The third-order valence-corrected chi connectivity index (χ3v) is 2.88. The maximum Gasteiger partial charge on any atom is 0.232 e. The molecule has 0 saturated carbocycles. The molecule has 0 unspecified atom stereocenters. The zero-order valence-corrected chi connectivity index (χ0v) is 13.1. The molecule has 0 radical (unpaired) electrons. The van der Waals surface area contributed by atoms with Crippen LogP contribution in [0.2, 0.25) is 0 Å². The van der Waals surface area contributed by atoms with Crippen LogP contribution in [0, 0.1) is 0 Å². The first kappa shape index (κ1) is 15.7. The predicted molar refractivity (Wildman–Crippen MR) is 89.9 cm³/mol. The minimum Gasteiger partial charge on any atom is -0.497 e. The normalized spacial score (nSPS) is 10.3. The summed E-state index contributed by atoms with van der Waals surface area (Å²) >= 11 is 5.08. The second-order valence-corrected chi connectivity index (χ2v) is 4.58. The minimum absolute atomic E-state index is 0.214. The number of nitrogens with one attached hydrogen (secondary N) is 2. The number of azo groups is 1. The number of hydrazine groups is 1. The summed E-state index contributed by atoms with van der Waals surface area (Å²) < 4.78 is 10.2. The van der Waals surface area contributed by atoms with E-state index in [0.717, 1.165) is 11.4 Å². The van der Waals surface area contributed by atoms with Gasteiger partial charge in [-0.15, -0.1) is 10.2 Å². The number of ether oxygens (including phenoxy) is 2. The van der Waals surface area contributed by atoms with Gasteiger partial charge in [0.1, 0.15) is 11.5 Å². The SMILES string of the molecule is COc1cccc(N=NC(=S)NNc2cccc(OC)c2)c1. The van der Waals surface area contributed by atoms with E-state index >= 15 is 0 Å². The molecule has 0 amide bonds. The van der Waals surface area contributed by atoms with Crippen LogP contribution >= 0.6 is 12.2 Å². The van der Waals surface area contributed by atoms with Crippen molar-refractivity contribution in [1.29, 1.82) is 0 Å². The van der Waals surface area contributed by atoms with Gasteiger partial charge in [0.25, 0.3) is 0 Å². The molecular formula is C15H16N4O2S. The van der Waals surface area contributed by atoms with Crippen LogP contribution in [0.4, 0.5) is 11.4 Å². The predicted octanol–water partition coefficient (Wildman–Crippen LogP) is 3.69. The maximum absolute atomic E-state index is 5.13. The number of hydrogen-bond acceptors (Lipinski definition) is 5. The van der Waals surface area contributed by atoms with Gasteiger partial charge in [0, 0.05) is 12.1 Å². The Labute approximate surface area is 134 Å². The molecule has 0 aromatic heterocycles. The molecule has 0 heterocycles. The van der Waals surface area contributed by atoms with Crippen molar-refractivity contribution in [2.24, 2.45) is 10.2 Å². The molecule has 2 aromatic carbocycles. The first-order chi connectivity index (χ1) is 10.7. The molecule has 0 atom stereocenters. The van der Waals surface area contributed by atoms with E-state index in [9.17, 15) is 0 Å². The summed E-state index contributed by atoms with van der Waals surface area (Å²) in [4.78, 5) is 0. The number of methoxy groups -OCH3 is 2. The molecule has 22 heavy (non-hydrogen) atoms. The van der Waals surface area contributed by atoms with Gasteiger partial charge in [-0.05, 0) is 36.5 Å². The Morgan fingerprint density at radius 3 is 2.41 bits per heavy atom. The van der Waals surface area contributed by atoms with Crippen molar-refractivity contribution in [3.63, 3.8) is 0 Å². The van der Waals surface area contributed by atoms with Crippen molar-refractivity contribution >= 4 is 28.7 Å². The number of anilines is 1. The van der Waals surface area contributed by atoms with Gasteiger partial charge in [-0.3, -0.25) is 10.9 Å². The first-order valence-corrected chi connectivity index (χ1v) is 6.88. The van der Waals surface area contributed by atoms with Crippen LogP contribution in [-0.4, -0.2) is 19.3 Å². The van der Waals surface area contributed by atoms with E-state index in [2.05, 4.69) is 21.1 Å². The molecule has 2 N–H and O–H groups in total. The monoisotopic (exact) mass is 316 g/mol. The van der Waals surface area contributed by atoms with Crippen LogP contribution in [0.5, 0.6) is 11.5 Å². The van der Waals surface area contributed by atoms with E-state index in [4.69, 9.17) is 21.7 Å². The van der Waals surface area contributed by atoms with Crippen molar-refractivity contribution < 1.29 is 9.47 Å². The third-order valence-electron chi connectivity index (χ3n) is 2.69. The van der Waals surface area contributed by atoms with Crippen molar-refractivity contribution in [3.05, 3.63) is 48.5 Å². The molecule has 0 aliphatic carbocycles. The summed E-state index contributed by atoms with van der Waals surface area (Å²) in [6.07, 6.45) is 0. The van der Waals surface area contributed by atoms with Crippen LogP contribution in [-0.2, 0) is 0 Å². The van der Waals surface area contributed by atoms with E-state index < -0.39 is 0 Å². The number of rotatable bonds is 5. The standard InChI is InChI=1S/C15H16N4O2S/c1-20-13-7-3-5-11(9-13)16-18-15(22)19-17-12-6-4-8-14(10-12)21-2/h3-10,16H,1-2H3,(H,18,22). The topological polar surface area (TPSA) is 67.2 Å². The summed E-state index contributed by atoms with van der Waals surface area (Å²) in [6.45, 7) is 0. The molecule has 7 heteroatoms. The van der Waals surface area contributed by atoms with Gasteiger partial charge in [0.2, 0.25) is 5.11 Å². The average molecular weight is 316 g/mol. The van der Waals surface area contributed by atoms with Gasteiger partial charge in [0.05, 0.1) is 25.6 Å². The molecule has 0 saturated heterocycles. The quantitative estimate of drug-likeness (QED) is 0.500. The molecule has 2 aromatic rings. The highest BCUT2D eigenvalue weighted by Gasteiger charge is 1.97. The van der Waals surface area contributed by atoms with Crippen molar-refractivity contribution in [2.75, 3.05) is 19.6 Å². The van der Waals surface area contributed by atoms with Gasteiger partial charge >= 0.3 is 0 Å². The Hall–Kier alpha value is -2.67. The summed E-state index contributed by atoms with van der Waals surface area (Å²) in [5, 5.41) is 8.17. The number of thiocarbonyl (C=S) groups is 1. The van der Waals surface area contributed by atoms with Gasteiger partial charge in [-0.1, -0.05) is 12.1 Å². The van der Waals surface area contributed by atoms with Crippen molar-refractivity contribution in [3.8, 4) is 11.5 Å². The fraction of sp³-hybridized carbons (Fsp3) is 0.133. The minimum atomic E-state index is 0.214. The zero-order valence-electron chi connectivity index (χ0n) is 12.2.